The first-order chi connectivity index (χ1) is 10.4. The highest BCUT2D eigenvalue weighted by molar-refractivity contribution is 5.27. The van der Waals surface area contributed by atoms with Crippen LogP contribution in [-0.4, -0.2) is 52.8 Å². The van der Waals surface area contributed by atoms with Crippen LogP contribution < -0.4 is 5.32 Å². The van der Waals surface area contributed by atoms with Crippen LogP contribution in [0.25, 0.3) is 0 Å². The number of imidazole rings is 1. The fourth-order valence-electron chi connectivity index (χ4n) is 4.14. The molecule has 0 radical (unpaired) electrons. The number of aromatic nitrogens is 2. The number of fused-ring (bicyclic) bond motifs is 1. The maximum atomic E-state index is 6.01. The van der Waals surface area contributed by atoms with E-state index >= 15 is 0 Å². The first-order valence-electron chi connectivity index (χ1n) is 8.52. The van der Waals surface area contributed by atoms with Crippen LogP contribution in [0.3, 0.4) is 0 Å². The molecule has 1 aromatic rings. The number of rotatable bonds is 4. The van der Waals surface area contributed by atoms with Gasteiger partial charge in [0.1, 0.15) is 0 Å². The molecule has 0 amide bonds. The van der Waals surface area contributed by atoms with Gasteiger partial charge in [0, 0.05) is 37.6 Å². The zero-order chi connectivity index (χ0) is 14.1. The summed E-state index contributed by atoms with van der Waals surface area (Å²) in [7, 11) is 0. The molecule has 5 nitrogen and oxygen atoms in total. The van der Waals surface area contributed by atoms with Crippen LogP contribution in [0.1, 0.15) is 44.6 Å². The van der Waals surface area contributed by atoms with E-state index in [1.165, 1.54) is 45.1 Å². The van der Waals surface area contributed by atoms with E-state index in [0.29, 0.717) is 18.2 Å². The summed E-state index contributed by atoms with van der Waals surface area (Å²) in [6, 6.07) is 1.33. The number of hydrogen-bond donors (Lipinski definition) is 1. The lowest BCUT2D eigenvalue weighted by molar-refractivity contribution is -0.0416. The average molecular weight is 290 g/mol. The molecule has 5 heteroatoms. The van der Waals surface area contributed by atoms with Crippen LogP contribution >= 0.6 is 0 Å². The maximum absolute atomic E-state index is 6.01. The largest absolute Gasteiger partial charge is 0.373 e. The molecule has 1 aromatic heterocycles. The number of nitrogens with zero attached hydrogens (tertiary/aromatic N) is 3. The molecule has 2 saturated heterocycles. The van der Waals surface area contributed by atoms with Crippen molar-refractivity contribution in [3.8, 4) is 0 Å². The highest BCUT2D eigenvalue weighted by Crippen LogP contribution is 2.31. The zero-order valence-electron chi connectivity index (χ0n) is 12.7. The Hall–Kier alpha value is -1.07. The standard InChI is InChI=1S/C16H26N4O/c1-2-5-13(4-1)20-9-7-17-16(20)18-10-15-11-19-8-3-6-14(19)12-21-15/h7,9,13-15H,1-6,8,10-12H2,(H,17,18). The normalized spacial score (nSPS) is 30.7. The van der Waals surface area contributed by atoms with Crippen molar-refractivity contribution in [1.29, 1.82) is 0 Å². The molecule has 4 rings (SSSR count). The molecule has 3 aliphatic rings. The van der Waals surface area contributed by atoms with Crippen molar-refractivity contribution in [2.75, 3.05) is 31.6 Å². The van der Waals surface area contributed by atoms with E-state index < -0.39 is 0 Å². The summed E-state index contributed by atoms with van der Waals surface area (Å²) in [6.07, 6.45) is 12.3. The molecule has 2 atom stereocenters. The molecular weight excluding hydrogens is 264 g/mol. The Bertz CT molecular complexity index is 469. The summed E-state index contributed by atoms with van der Waals surface area (Å²) in [4.78, 5) is 7.09. The quantitative estimate of drug-likeness (QED) is 0.924. The molecule has 3 fully saturated rings. The molecule has 1 aliphatic carbocycles. The van der Waals surface area contributed by atoms with E-state index in [1.807, 2.05) is 6.20 Å². The number of anilines is 1. The van der Waals surface area contributed by atoms with Crippen molar-refractivity contribution < 1.29 is 4.74 Å². The van der Waals surface area contributed by atoms with Crippen molar-refractivity contribution in [1.82, 2.24) is 14.5 Å². The van der Waals surface area contributed by atoms with Crippen LogP contribution in [0.5, 0.6) is 0 Å². The monoisotopic (exact) mass is 290 g/mol. The fourth-order valence-corrected chi connectivity index (χ4v) is 4.14. The summed E-state index contributed by atoms with van der Waals surface area (Å²) >= 11 is 0. The van der Waals surface area contributed by atoms with Crippen LogP contribution in [0.4, 0.5) is 5.95 Å². The van der Waals surface area contributed by atoms with Crippen molar-refractivity contribution in [2.45, 2.75) is 56.7 Å². The van der Waals surface area contributed by atoms with E-state index in [1.54, 1.807) is 0 Å². The third-order valence-corrected chi connectivity index (χ3v) is 5.34. The summed E-state index contributed by atoms with van der Waals surface area (Å²) in [5.74, 6) is 1.02. The second-order valence-electron chi connectivity index (χ2n) is 6.72. The number of nitrogens with one attached hydrogen (secondary N) is 1. The Morgan fingerprint density at radius 3 is 2.95 bits per heavy atom. The first kappa shape index (κ1) is 13.6. The number of hydrogen-bond acceptors (Lipinski definition) is 4. The van der Waals surface area contributed by atoms with Gasteiger partial charge >= 0.3 is 0 Å². The topological polar surface area (TPSA) is 42.3 Å². The van der Waals surface area contributed by atoms with Gasteiger partial charge in [-0.15, -0.1) is 0 Å². The summed E-state index contributed by atoms with van der Waals surface area (Å²) in [5, 5.41) is 3.52. The number of ether oxygens (including phenoxy) is 1. The molecule has 21 heavy (non-hydrogen) atoms. The Morgan fingerprint density at radius 1 is 1.19 bits per heavy atom. The molecule has 3 heterocycles. The van der Waals surface area contributed by atoms with Gasteiger partial charge in [-0.05, 0) is 32.2 Å². The lowest BCUT2D eigenvalue weighted by Gasteiger charge is -2.35. The lowest BCUT2D eigenvalue weighted by Crippen LogP contribution is -2.48. The molecule has 2 unspecified atom stereocenters. The SMILES string of the molecule is c1cn(C2CCCC2)c(NCC2CN3CCCC3CO2)n1. The Labute approximate surface area is 126 Å². The smallest absolute Gasteiger partial charge is 0.203 e. The van der Waals surface area contributed by atoms with Crippen molar-refractivity contribution in [3.63, 3.8) is 0 Å². The van der Waals surface area contributed by atoms with E-state index in [0.717, 1.165) is 25.6 Å². The molecular formula is C16H26N4O. The summed E-state index contributed by atoms with van der Waals surface area (Å²) in [6.45, 7) is 4.10. The molecule has 116 valence electrons. The van der Waals surface area contributed by atoms with Crippen molar-refractivity contribution in [2.24, 2.45) is 0 Å². The minimum Gasteiger partial charge on any atom is -0.373 e. The summed E-state index contributed by atoms with van der Waals surface area (Å²) in [5.41, 5.74) is 0. The van der Waals surface area contributed by atoms with Crippen LogP contribution in [0.15, 0.2) is 12.4 Å². The predicted octanol–water partition coefficient (Wildman–Crippen LogP) is 2.27. The highest BCUT2D eigenvalue weighted by Gasteiger charge is 2.32. The van der Waals surface area contributed by atoms with Crippen molar-refractivity contribution >= 4 is 5.95 Å². The second kappa shape index (κ2) is 5.97. The van der Waals surface area contributed by atoms with Crippen LogP contribution in [0, 0.1) is 0 Å². The van der Waals surface area contributed by atoms with Gasteiger partial charge in [0.15, 0.2) is 0 Å². The highest BCUT2D eigenvalue weighted by atomic mass is 16.5. The van der Waals surface area contributed by atoms with Gasteiger partial charge in [0.2, 0.25) is 5.95 Å². The van der Waals surface area contributed by atoms with Crippen LogP contribution in [-0.2, 0) is 4.74 Å². The van der Waals surface area contributed by atoms with E-state index in [2.05, 4.69) is 26.0 Å². The lowest BCUT2D eigenvalue weighted by atomic mass is 10.2. The first-order valence-corrected chi connectivity index (χ1v) is 8.52. The zero-order valence-corrected chi connectivity index (χ0v) is 12.7. The minimum atomic E-state index is 0.299. The van der Waals surface area contributed by atoms with Gasteiger partial charge in [-0.2, -0.15) is 0 Å². The van der Waals surface area contributed by atoms with Gasteiger partial charge in [0.25, 0.3) is 0 Å². The fraction of sp³-hybridized carbons (Fsp3) is 0.812. The molecule has 0 spiro atoms. The molecule has 2 aliphatic heterocycles. The van der Waals surface area contributed by atoms with Crippen molar-refractivity contribution in [3.05, 3.63) is 12.4 Å². The summed E-state index contributed by atoms with van der Waals surface area (Å²) < 4.78 is 8.34. The van der Waals surface area contributed by atoms with Gasteiger partial charge in [-0.1, -0.05) is 12.8 Å². The molecule has 1 N–H and O–H groups in total. The van der Waals surface area contributed by atoms with Crippen LogP contribution in [0.2, 0.25) is 0 Å². The van der Waals surface area contributed by atoms with Gasteiger partial charge in [-0.3, -0.25) is 4.90 Å². The minimum absolute atomic E-state index is 0.299. The Morgan fingerprint density at radius 2 is 2.05 bits per heavy atom. The average Bonchev–Trinajstić information content (AvgIpc) is 3.24. The van der Waals surface area contributed by atoms with Gasteiger partial charge in [0.05, 0.1) is 12.7 Å². The third kappa shape index (κ3) is 2.81. The Kier molecular flexibility index (Phi) is 3.86. The number of morpholine rings is 1. The maximum Gasteiger partial charge on any atom is 0.203 e. The molecule has 0 bridgehead atoms. The molecule has 1 saturated carbocycles. The van der Waals surface area contributed by atoms with E-state index in [-0.39, 0.29) is 0 Å². The van der Waals surface area contributed by atoms with Gasteiger partial charge < -0.3 is 14.6 Å². The van der Waals surface area contributed by atoms with Gasteiger partial charge in [-0.25, -0.2) is 4.98 Å². The van der Waals surface area contributed by atoms with E-state index in [9.17, 15) is 0 Å². The molecule has 0 aromatic carbocycles. The third-order valence-electron chi connectivity index (χ3n) is 5.34. The Balaban J connectivity index is 1.33. The second-order valence-corrected chi connectivity index (χ2v) is 6.72. The van der Waals surface area contributed by atoms with E-state index in [4.69, 9.17) is 4.74 Å². The predicted molar refractivity (Wildman–Crippen MR) is 82.6 cm³/mol.